The second-order valence-corrected chi connectivity index (χ2v) is 4.86. The summed E-state index contributed by atoms with van der Waals surface area (Å²) in [5.41, 5.74) is 1.17. The summed E-state index contributed by atoms with van der Waals surface area (Å²) in [6.07, 6.45) is 0.727. The van der Waals surface area contributed by atoms with Crippen molar-refractivity contribution in [3.8, 4) is 11.5 Å². The van der Waals surface area contributed by atoms with Gasteiger partial charge in [-0.05, 0) is 36.2 Å². The molecule has 0 saturated carbocycles. The molecule has 1 amide bonds. The Morgan fingerprint density at radius 2 is 1.86 bits per heavy atom. The molecule has 3 rings (SSSR count). The maximum Gasteiger partial charge on any atom is 0.231 e. The zero-order chi connectivity index (χ0) is 15.5. The molecule has 1 N–H and O–H groups in total. The van der Waals surface area contributed by atoms with E-state index in [1.165, 1.54) is 6.07 Å². The van der Waals surface area contributed by atoms with E-state index in [1.54, 1.807) is 6.07 Å². The van der Waals surface area contributed by atoms with Crippen molar-refractivity contribution in [1.29, 1.82) is 0 Å². The number of aryl methyl sites for hydroxylation is 1. The molecule has 2 aromatic carbocycles. The van der Waals surface area contributed by atoms with Crippen LogP contribution in [0.2, 0.25) is 0 Å². The number of rotatable bonds is 4. The molecule has 0 atom stereocenters. The van der Waals surface area contributed by atoms with Crippen LogP contribution in [0.3, 0.4) is 0 Å². The molecular weight excluding hydrogens is 292 g/mol. The molecule has 0 aromatic heterocycles. The molecule has 0 aliphatic carbocycles. The third-order valence-corrected chi connectivity index (χ3v) is 3.28. The number of anilines is 1. The fourth-order valence-electron chi connectivity index (χ4n) is 2.15. The van der Waals surface area contributed by atoms with Gasteiger partial charge in [-0.1, -0.05) is 6.07 Å². The summed E-state index contributed by atoms with van der Waals surface area (Å²) in [4.78, 5) is 11.8. The summed E-state index contributed by atoms with van der Waals surface area (Å²) in [6.45, 7) is 0.204. The van der Waals surface area contributed by atoms with Crippen LogP contribution in [-0.2, 0) is 11.2 Å². The number of fused-ring (bicyclic) bond motifs is 1. The highest BCUT2D eigenvalue weighted by molar-refractivity contribution is 5.90. The van der Waals surface area contributed by atoms with Crippen LogP contribution >= 0.6 is 0 Å². The number of nitrogens with one attached hydrogen (secondary N) is 1. The Bertz CT molecular complexity index is 719. The molecule has 0 unspecified atom stereocenters. The molecular formula is C16H13F2NO3. The average Bonchev–Trinajstić information content (AvgIpc) is 2.96. The van der Waals surface area contributed by atoms with Gasteiger partial charge in [0.25, 0.3) is 0 Å². The SMILES string of the molecule is O=C(CCc1ccc2c(c1)OCO2)Nc1ccc(F)c(F)c1. The maximum absolute atomic E-state index is 13.1. The van der Waals surface area contributed by atoms with Crippen LogP contribution in [-0.4, -0.2) is 12.7 Å². The zero-order valence-electron chi connectivity index (χ0n) is 11.6. The van der Waals surface area contributed by atoms with E-state index in [-0.39, 0.29) is 24.8 Å². The van der Waals surface area contributed by atoms with E-state index in [2.05, 4.69) is 5.32 Å². The summed E-state index contributed by atoms with van der Waals surface area (Å²) in [7, 11) is 0. The van der Waals surface area contributed by atoms with Gasteiger partial charge in [-0.2, -0.15) is 0 Å². The number of carbonyl (C=O) groups is 1. The predicted octanol–water partition coefficient (Wildman–Crippen LogP) is 3.26. The zero-order valence-corrected chi connectivity index (χ0v) is 11.6. The Hall–Kier alpha value is -2.63. The summed E-state index contributed by atoms with van der Waals surface area (Å²) in [6, 6.07) is 8.73. The first-order chi connectivity index (χ1) is 10.6. The normalized spacial score (nSPS) is 12.3. The fourth-order valence-corrected chi connectivity index (χ4v) is 2.15. The quantitative estimate of drug-likeness (QED) is 0.943. The molecule has 2 aromatic rings. The van der Waals surface area contributed by atoms with Crippen molar-refractivity contribution in [3.05, 3.63) is 53.6 Å². The van der Waals surface area contributed by atoms with Gasteiger partial charge in [0.2, 0.25) is 12.7 Å². The largest absolute Gasteiger partial charge is 0.454 e. The molecule has 22 heavy (non-hydrogen) atoms. The summed E-state index contributed by atoms with van der Waals surface area (Å²) in [5.74, 6) is -0.857. The van der Waals surface area contributed by atoms with Gasteiger partial charge in [-0.15, -0.1) is 0 Å². The second kappa shape index (κ2) is 6.01. The minimum absolute atomic E-state index is 0.204. The number of benzene rings is 2. The van der Waals surface area contributed by atoms with Crippen molar-refractivity contribution < 1.29 is 23.0 Å². The van der Waals surface area contributed by atoms with E-state index in [0.717, 1.165) is 17.7 Å². The number of hydrogen-bond acceptors (Lipinski definition) is 3. The van der Waals surface area contributed by atoms with E-state index in [0.29, 0.717) is 17.9 Å². The molecule has 0 spiro atoms. The van der Waals surface area contributed by atoms with Crippen LogP contribution in [0, 0.1) is 11.6 Å². The smallest absolute Gasteiger partial charge is 0.231 e. The number of ether oxygens (including phenoxy) is 2. The van der Waals surface area contributed by atoms with Gasteiger partial charge in [0.1, 0.15) is 0 Å². The third kappa shape index (κ3) is 3.16. The van der Waals surface area contributed by atoms with Crippen LogP contribution in [0.1, 0.15) is 12.0 Å². The minimum atomic E-state index is -0.992. The Morgan fingerprint density at radius 3 is 2.68 bits per heavy atom. The molecule has 1 heterocycles. The first-order valence-electron chi connectivity index (χ1n) is 6.75. The molecule has 1 aliphatic heterocycles. The Balaban J connectivity index is 1.57. The molecule has 0 radical (unpaired) electrons. The van der Waals surface area contributed by atoms with Crippen molar-refractivity contribution >= 4 is 11.6 Å². The highest BCUT2D eigenvalue weighted by atomic mass is 19.2. The van der Waals surface area contributed by atoms with Crippen LogP contribution in [0.25, 0.3) is 0 Å². The monoisotopic (exact) mass is 305 g/mol. The Morgan fingerprint density at radius 1 is 1.05 bits per heavy atom. The maximum atomic E-state index is 13.1. The molecule has 0 bridgehead atoms. The van der Waals surface area contributed by atoms with Gasteiger partial charge in [0.15, 0.2) is 23.1 Å². The standard InChI is InChI=1S/C16H13F2NO3/c17-12-4-3-11(8-13(12)18)19-16(20)6-2-10-1-5-14-15(7-10)22-9-21-14/h1,3-5,7-8H,2,6,9H2,(H,19,20). The van der Waals surface area contributed by atoms with E-state index in [1.807, 2.05) is 12.1 Å². The topological polar surface area (TPSA) is 47.6 Å². The van der Waals surface area contributed by atoms with Gasteiger partial charge < -0.3 is 14.8 Å². The highest BCUT2D eigenvalue weighted by Gasteiger charge is 2.13. The Kier molecular flexibility index (Phi) is 3.91. The second-order valence-electron chi connectivity index (χ2n) is 4.86. The molecule has 6 heteroatoms. The third-order valence-electron chi connectivity index (χ3n) is 3.28. The van der Waals surface area contributed by atoms with Gasteiger partial charge in [-0.3, -0.25) is 4.79 Å². The van der Waals surface area contributed by atoms with Crippen LogP contribution in [0.4, 0.5) is 14.5 Å². The predicted molar refractivity (Wildman–Crippen MR) is 75.9 cm³/mol. The first-order valence-corrected chi connectivity index (χ1v) is 6.75. The minimum Gasteiger partial charge on any atom is -0.454 e. The lowest BCUT2D eigenvalue weighted by molar-refractivity contribution is -0.116. The summed E-state index contributed by atoms with van der Waals surface area (Å²) >= 11 is 0. The van der Waals surface area contributed by atoms with E-state index >= 15 is 0 Å². The Labute approximate surface area is 125 Å². The van der Waals surface area contributed by atoms with Crippen LogP contribution in [0.15, 0.2) is 36.4 Å². The van der Waals surface area contributed by atoms with Crippen LogP contribution in [0.5, 0.6) is 11.5 Å². The summed E-state index contributed by atoms with van der Waals surface area (Å²) < 4.78 is 36.3. The number of halogens is 2. The van der Waals surface area contributed by atoms with Gasteiger partial charge >= 0.3 is 0 Å². The molecule has 114 valence electrons. The first kappa shape index (κ1) is 14.3. The van der Waals surface area contributed by atoms with Crippen molar-refractivity contribution in [3.63, 3.8) is 0 Å². The van der Waals surface area contributed by atoms with E-state index in [9.17, 15) is 13.6 Å². The van der Waals surface area contributed by atoms with Gasteiger partial charge in [-0.25, -0.2) is 8.78 Å². The number of carbonyl (C=O) groups excluding carboxylic acids is 1. The van der Waals surface area contributed by atoms with Crippen molar-refractivity contribution in [2.75, 3.05) is 12.1 Å². The van der Waals surface area contributed by atoms with Gasteiger partial charge in [0.05, 0.1) is 0 Å². The molecule has 0 saturated heterocycles. The molecule has 4 nitrogen and oxygen atoms in total. The van der Waals surface area contributed by atoms with Crippen molar-refractivity contribution in [2.24, 2.45) is 0 Å². The summed E-state index contributed by atoms with van der Waals surface area (Å²) in [5, 5.41) is 2.53. The molecule has 0 fully saturated rings. The fraction of sp³-hybridized carbons (Fsp3) is 0.188. The molecule has 1 aliphatic rings. The van der Waals surface area contributed by atoms with Gasteiger partial charge in [0, 0.05) is 18.2 Å². The number of amides is 1. The average molecular weight is 305 g/mol. The lowest BCUT2D eigenvalue weighted by Crippen LogP contribution is -2.12. The van der Waals surface area contributed by atoms with Crippen molar-refractivity contribution in [1.82, 2.24) is 0 Å². The number of hydrogen-bond donors (Lipinski definition) is 1. The lowest BCUT2D eigenvalue weighted by atomic mass is 10.1. The van der Waals surface area contributed by atoms with Crippen molar-refractivity contribution in [2.45, 2.75) is 12.8 Å². The van der Waals surface area contributed by atoms with E-state index in [4.69, 9.17) is 9.47 Å². The van der Waals surface area contributed by atoms with Crippen LogP contribution < -0.4 is 14.8 Å². The lowest BCUT2D eigenvalue weighted by Gasteiger charge is -2.06. The highest BCUT2D eigenvalue weighted by Crippen LogP contribution is 2.32. The van der Waals surface area contributed by atoms with E-state index < -0.39 is 11.6 Å².